The lowest BCUT2D eigenvalue weighted by Crippen LogP contribution is -2.46. The number of hydrogen-bond donors (Lipinski definition) is 2. The molecule has 3 aliphatic rings. The van der Waals surface area contributed by atoms with Gasteiger partial charge in [-0.2, -0.15) is 0 Å². The first-order chi connectivity index (χ1) is 14.5. The summed E-state index contributed by atoms with van der Waals surface area (Å²) in [5.74, 6) is -0.369. The van der Waals surface area contributed by atoms with Crippen molar-refractivity contribution in [2.45, 2.75) is 25.4 Å². The molecule has 2 aromatic rings. The van der Waals surface area contributed by atoms with Crippen molar-refractivity contribution < 1.29 is 13.6 Å². The number of piperazine rings is 1. The molecule has 0 aliphatic carbocycles. The van der Waals surface area contributed by atoms with Gasteiger partial charge in [-0.3, -0.25) is 9.69 Å². The van der Waals surface area contributed by atoms with Gasteiger partial charge in [0.2, 0.25) is 5.91 Å². The van der Waals surface area contributed by atoms with Crippen LogP contribution in [0.1, 0.15) is 18.4 Å². The number of amides is 1. The van der Waals surface area contributed by atoms with E-state index in [2.05, 4.69) is 20.1 Å². The standard InChI is InChI=1S/C21H24F2N6O/c22-15-9-14(24)10-16(23)19(15)28-6-4-27(5-7-28)12-13-8-17-20(25-11-13)29-3-1-2-18(29)21(30)26-17/h8-11,18H,1-7,12,24H2,(H,26,30). The number of nitrogens with two attached hydrogens (primary N) is 1. The topological polar surface area (TPSA) is 77.7 Å². The summed E-state index contributed by atoms with van der Waals surface area (Å²) in [6.07, 6.45) is 3.73. The maximum absolute atomic E-state index is 14.2. The number of halogens is 2. The number of fused-ring (bicyclic) bond motifs is 3. The van der Waals surface area contributed by atoms with Gasteiger partial charge < -0.3 is 20.9 Å². The predicted molar refractivity (Wildman–Crippen MR) is 111 cm³/mol. The highest BCUT2D eigenvalue weighted by atomic mass is 19.1. The van der Waals surface area contributed by atoms with Crippen molar-refractivity contribution in [1.29, 1.82) is 0 Å². The largest absolute Gasteiger partial charge is 0.399 e. The van der Waals surface area contributed by atoms with Crippen molar-refractivity contribution in [3.63, 3.8) is 0 Å². The fraction of sp³-hybridized carbons (Fsp3) is 0.429. The van der Waals surface area contributed by atoms with Crippen LogP contribution in [-0.2, 0) is 11.3 Å². The zero-order valence-corrected chi connectivity index (χ0v) is 16.6. The Labute approximate surface area is 173 Å². The zero-order chi connectivity index (χ0) is 20.8. The molecule has 2 saturated heterocycles. The molecule has 0 bridgehead atoms. The van der Waals surface area contributed by atoms with Crippen LogP contribution in [0.4, 0.5) is 31.7 Å². The van der Waals surface area contributed by atoms with Gasteiger partial charge in [-0.05, 0) is 36.6 Å². The summed E-state index contributed by atoms with van der Waals surface area (Å²) in [5.41, 5.74) is 7.35. The van der Waals surface area contributed by atoms with Crippen LogP contribution >= 0.6 is 0 Å². The van der Waals surface area contributed by atoms with Crippen LogP contribution in [0.25, 0.3) is 0 Å². The summed E-state index contributed by atoms with van der Waals surface area (Å²) in [7, 11) is 0. The fourth-order valence-electron chi connectivity index (χ4n) is 4.69. The number of benzene rings is 1. The zero-order valence-electron chi connectivity index (χ0n) is 16.6. The molecule has 0 saturated carbocycles. The van der Waals surface area contributed by atoms with E-state index >= 15 is 0 Å². The first kappa shape index (κ1) is 19.0. The molecule has 30 heavy (non-hydrogen) atoms. The van der Waals surface area contributed by atoms with Crippen LogP contribution in [-0.4, -0.2) is 54.6 Å². The Hall–Kier alpha value is -2.94. The van der Waals surface area contributed by atoms with Crippen LogP contribution in [0.5, 0.6) is 0 Å². The van der Waals surface area contributed by atoms with Gasteiger partial charge in [-0.1, -0.05) is 0 Å². The van der Waals surface area contributed by atoms with E-state index in [0.717, 1.165) is 48.6 Å². The van der Waals surface area contributed by atoms with E-state index in [9.17, 15) is 13.6 Å². The minimum absolute atomic E-state index is 0.0119. The molecule has 1 amide bonds. The van der Waals surface area contributed by atoms with Crippen molar-refractivity contribution in [3.8, 4) is 0 Å². The lowest BCUT2D eigenvalue weighted by molar-refractivity contribution is -0.117. The second-order valence-corrected chi connectivity index (χ2v) is 8.15. The summed E-state index contributed by atoms with van der Waals surface area (Å²) in [6, 6.07) is 4.20. The molecule has 7 nitrogen and oxygen atoms in total. The Morgan fingerprint density at radius 2 is 1.83 bits per heavy atom. The quantitative estimate of drug-likeness (QED) is 0.750. The van der Waals surface area contributed by atoms with Crippen molar-refractivity contribution in [2.24, 2.45) is 0 Å². The van der Waals surface area contributed by atoms with Crippen LogP contribution in [0.3, 0.4) is 0 Å². The highest BCUT2D eigenvalue weighted by Gasteiger charge is 2.37. The summed E-state index contributed by atoms with van der Waals surface area (Å²) < 4.78 is 28.4. The minimum atomic E-state index is -0.629. The highest BCUT2D eigenvalue weighted by molar-refractivity contribution is 6.03. The second-order valence-electron chi connectivity index (χ2n) is 8.15. The molecule has 0 radical (unpaired) electrons. The van der Waals surface area contributed by atoms with Gasteiger partial charge in [-0.25, -0.2) is 13.8 Å². The number of carbonyl (C=O) groups is 1. The van der Waals surface area contributed by atoms with Gasteiger partial charge in [0, 0.05) is 51.2 Å². The molecule has 3 aliphatic heterocycles. The monoisotopic (exact) mass is 414 g/mol. The molecule has 0 spiro atoms. The van der Waals surface area contributed by atoms with E-state index in [0.29, 0.717) is 32.7 Å². The van der Waals surface area contributed by atoms with E-state index in [-0.39, 0.29) is 23.3 Å². The third kappa shape index (κ3) is 3.32. The van der Waals surface area contributed by atoms with Gasteiger partial charge in [0.15, 0.2) is 17.5 Å². The van der Waals surface area contributed by atoms with Crippen molar-refractivity contribution in [1.82, 2.24) is 9.88 Å². The molecule has 1 aromatic heterocycles. The number of nitrogens with one attached hydrogen (secondary N) is 1. The average Bonchev–Trinajstić information content (AvgIpc) is 3.19. The normalized spacial score (nSPS) is 21.4. The molecule has 5 rings (SSSR count). The predicted octanol–water partition coefficient (Wildman–Crippen LogP) is 2.19. The van der Waals surface area contributed by atoms with Crippen LogP contribution in [0.2, 0.25) is 0 Å². The van der Waals surface area contributed by atoms with Gasteiger partial charge in [0.25, 0.3) is 0 Å². The Kier molecular flexibility index (Phi) is 4.69. The molecule has 2 fully saturated rings. The van der Waals surface area contributed by atoms with Crippen molar-refractivity contribution in [3.05, 3.63) is 41.6 Å². The third-order valence-corrected chi connectivity index (χ3v) is 6.14. The smallest absolute Gasteiger partial charge is 0.247 e. The number of hydrogen-bond acceptors (Lipinski definition) is 6. The number of pyridine rings is 1. The fourth-order valence-corrected chi connectivity index (χ4v) is 4.69. The minimum Gasteiger partial charge on any atom is -0.399 e. The number of aromatic nitrogens is 1. The summed E-state index contributed by atoms with van der Waals surface area (Å²) in [6.45, 7) is 3.89. The highest BCUT2D eigenvalue weighted by Crippen LogP contribution is 2.35. The van der Waals surface area contributed by atoms with Crippen LogP contribution in [0.15, 0.2) is 24.4 Å². The van der Waals surface area contributed by atoms with E-state index in [1.165, 1.54) is 0 Å². The van der Waals surface area contributed by atoms with E-state index in [4.69, 9.17) is 5.73 Å². The maximum Gasteiger partial charge on any atom is 0.247 e. The molecule has 1 aromatic carbocycles. The molecule has 1 unspecified atom stereocenters. The van der Waals surface area contributed by atoms with Gasteiger partial charge >= 0.3 is 0 Å². The maximum atomic E-state index is 14.2. The second kappa shape index (κ2) is 7.39. The summed E-state index contributed by atoms with van der Waals surface area (Å²) >= 11 is 0. The lowest BCUT2D eigenvalue weighted by Gasteiger charge is -2.36. The molecule has 158 valence electrons. The molecule has 9 heteroatoms. The van der Waals surface area contributed by atoms with Crippen molar-refractivity contribution >= 4 is 28.8 Å². The number of nitrogen functional groups attached to an aromatic ring is 1. The van der Waals surface area contributed by atoms with Crippen LogP contribution < -0.4 is 20.9 Å². The lowest BCUT2D eigenvalue weighted by atomic mass is 10.1. The van der Waals surface area contributed by atoms with Gasteiger partial charge in [0.05, 0.1) is 5.69 Å². The summed E-state index contributed by atoms with van der Waals surface area (Å²) in [4.78, 5) is 23.0. The number of carbonyl (C=O) groups excluding carboxylic acids is 1. The first-order valence-electron chi connectivity index (χ1n) is 10.3. The third-order valence-electron chi connectivity index (χ3n) is 6.14. The van der Waals surface area contributed by atoms with Gasteiger partial charge in [-0.15, -0.1) is 0 Å². The number of nitrogens with zero attached hydrogens (tertiary/aromatic N) is 4. The molecular weight excluding hydrogens is 390 g/mol. The Bertz CT molecular complexity index is 968. The Morgan fingerprint density at radius 3 is 2.57 bits per heavy atom. The first-order valence-corrected chi connectivity index (χ1v) is 10.3. The number of anilines is 4. The van der Waals surface area contributed by atoms with E-state index in [1.807, 2.05) is 12.3 Å². The van der Waals surface area contributed by atoms with Gasteiger partial charge in [0.1, 0.15) is 11.7 Å². The average molecular weight is 414 g/mol. The Morgan fingerprint density at radius 1 is 1.10 bits per heavy atom. The summed E-state index contributed by atoms with van der Waals surface area (Å²) in [5, 5.41) is 2.99. The SMILES string of the molecule is Nc1cc(F)c(N2CCN(Cc3cnc4c(c3)NC(=O)C3CCCN43)CC2)c(F)c1. The van der Waals surface area contributed by atoms with E-state index < -0.39 is 11.6 Å². The molecule has 4 heterocycles. The molecular formula is C21H24F2N6O. The Balaban J connectivity index is 1.25. The van der Waals surface area contributed by atoms with Crippen molar-refractivity contribution in [2.75, 3.05) is 53.6 Å². The molecule has 3 N–H and O–H groups in total. The molecule has 1 atom stereocenters. The van der Waals surface area contributed by atoms with E-state index in [1.54, 1.807) is 4.90 Å². The van der Waals surface area contributed by atoms with Crippen LogP contribution in [0, 0.1) is 11.6 Å². The number of rotatable bonds is 3.